The summed E-state index contributed by atoms with van der Waals surface area (Å²) in [6.45, 7) is 4.03. The van der Waals surface area contributed by atoms with E-state index in [-0.39, 0.29) is 0 Å². The molecule has 0 spiro atoms. The zero-order chi connectivity index (χ0) is 14.5. The molecule has 0 aromatic heterocycles. The molecule has 0 saturated carbocycles. The average molecular weight is 346 g/mol. The van der Waals surface area contributed by atoms with E-state index < -0.39 is 0 Å². The van der Waals surface area contributed by atoms with Crippen molar-refractivity contribution in [2.75, 3.05) is 13.1 Å². The molecule has 1 heterocycles. The monoisotopic (exact) mass is 345 g/mol. The number of hydrogen-bond acceptors (Lipinski definition) is 2. The summed E-state index contributed by atoms with van der Waals surface area (Å²) in [5.74, 6) is 0.926. The Morgan fingerprint density at radius 1 is 0.952 bits per heavy atom. The molecule has 0 unspecified atom stereocenters. The topological polar surface area (TPSA) is 12.5 Å². The molecule has 110 valence electrons. The minimum absolute atomic E-state index is 0.604. The maximum atomic E-state index is 5.96. The van der Waals surface area contributed by atoms with E-state index in [1.807, 2.05) is 24.3 Å². The molecule has 3 rings (SSSR count). The predicted molar refractivity (Wildman–Crippen MR) is 89.4 cm³/mol. The van der Waals surface area contributed by atoms with E-state index in [9.17, 15) is 0 Å². The number of halogens is 1. The fraction of sp³-hybridized carbons (Fsp3) is 0.333. The summed E-state index contributed by atoms with van der Waals surface area (Å²) < 4.78 is 7.05. The van der Waals surface area contributed by atoms with Crippen LogP contribution >= 0.6 is 15.9 Å². The minimum Gasteiger partial charge on any atom is -0.488 e. The van der Waals surface area contributed by atoms with Crippen LogP contribution in [0.2, 0.25) is 0 Å². The predicted octanol–water partition coefficient (Wildman–Crippen LogP) is 4.62. The molecule has 0 amide bonds. The van der Waals surface area contributed by atoms with Crippen molar-refractivity contribution in [3.63, 3.8) is 0 Å². The Kier molecular flexibility index (Phi) is 4.94. The first-order valence-corrected chi connectivity index (χ1v) is 8.29. The lowest BCUT2D eigenvalue weighted by atomic mass is 10.2. The number of likely N-dealkylation sites (tertiary alicyclic amines) is 1. The van der Waals surface area contributed by atoms with Gasteiger partial charge in [-0.2, -0.15) is 0 Å². The standard InChI is InChI=1S/C18H20BrNO/c19-18-16(13-20-11-4-5-12-20)9-6-10-17(18)21-14-15-7-2-1-3-8-15/h1-3,6-10H,4-5,11-14H2. The van der Waals surface area contributed by atoms with E-state index in [2.05, 4.69) is 45.1 Å². The maximum absolute atomic E-state index is 5.96. The molecule has 3 heteroatoms. The molecule has 2 nitrogen and oxygen atoms in total. The highest BCUT2D eigenvalue weighted by molar-refractivity contribution is 9.10. The molecule has 1 aliphatic heterocycles. The third-order valence-corrected chi connectivity index (χ3v) is 4.77. The van der Waals surface area contributed by atoms with Gasteiger partial charge in [0.05, 0.1) is 4.47 Å². The van der Waals surface area contributed by atoms with E-state index in [4.69, 9.17) is 4.74 Å². The fourth-order valence-electron chi connectivity index (χ4n) is 2.71. The second kappa shape index (κ2) is 7.10. The van der Waals surface area contributed by atoms with Crippen molar-refractivity contribution in [3.05, 3.63) is 64.1 Å². The van der Waals surface area contributed by atoms with Crippen LogP contribution in [0.3, 0.4) is 0 Å². The zero-order valence-corrected chi connectivity index (χ0v) is 13.7. The van der Waals surface area contributed by atoms with Gasteiger partial charge in [-0.05, 0) is 59.1 Å². The van der Waals surface area contributed by atoms with Gasteiger partial charge in [-0.25, -0.2) is 0 Å². The second-order valence-corrected chi connectivity index (χ2v) is 6.28. The van der Waals surface area contributed by atoms with Gasteiger partial charge in [0.15, 0.2) is 0 Å². The van der Waals surface area contributed by atoms with Crippen LogP contribution in [0.5, 0.6) is 5.75 Å². The normalized spacial score (nSPS) is 15.3. The summed E-state index contributed by atoms with van der Waals surface area (Å²) in [5.41, 5.74) is 2.50. The Morgan fingerprint density at radius 2 is 1.71 bits per heavy atom. The molecule has 21 heavy (non-hydrogen) atoms. The number of benzene rings is 2. The van der Waals surface area contributed by atoms with Crippen molar-refractivity contribution in [1.82, 2.24) is 4.90 Å². The Labute approximate surface area is 134 Å². The SMILES string of the molecule is Brc1c(CN2CCCC2)cccc1OCc1ccccc1. The van der Waals surface area contributed by atoms with Crippen molar-refractivity contribution >= 4 is 15.9 Å². The first-order valence-electron chi connectivity index (χ1n) is 7.49. The molecule has 0 atom stereocenters. The van der Waals surface area contributed by atoms with Crippen molar-refractivity contribution in [1.29, 1.82) is 0 Å². The van der Waals surface area contributed by atoms with E-state index in [1.54, 1.807) is 0 Å². The van der Waals surface area contributed by atoms with Crippen LogP contribution in [-0.4, -0.2) is 18.0 Å². The van der Waals surface area contributed by atoms with Crippen molar-refractivity contribution in [3.8, 4) is 5.75 Å². The average Bonchev–Trinajstić information content (AvgIpc) is 3.02. The Balaban J connectivity index is 1.67. The fourth-order valence-corrected chi connectivity index (χ4v) is 3.21. The van der Waals surface area contributed by atoms with Crippen LogP contribution in [0.1, 0.15) is 24.0 Å². The molecule has 2 aromatic rings. The summed E-state index contributed by atoms with van der Waals surface area (Å²) in [6.07, 6.45) is 2.64. The molecule has 0 radical (unpaired) electrons. The van der Waals surface area contributed by atoms with Crippen LogP contribution in [-0.2, 0) is 13.2 Å². The summed E-state index contributed by atoms with van der Waals surface area (Å²) in [6, 6.07) is 16.6. The molecule has 1 aliphatic rings. The van der Waals surface area contributed by atoms with Gasteiger partial charge < -0.3 is 4.74 Å². The van der Waals surface area contributed by atoms with Crippen molar-refractivity contribution in [2.24, 2.45) is 0 Å². The van der Waals surface area contributed by atoms with Crippen LogP contribution in [0, 0.1) is 0 Å². The van der Waals surface area contributed by atoms with Gasteiger partial charge in [-0.15, -0.1) is 0 Å². The maximum Gasteiger partial charge on any atom is 0.134 e. The lowest BCUT2D eigenvalue weighted by molar-refractivity contribution is 0.300. The summed E-state index contributed by atoms with van der Waals surface area (Å²) in [7, 11) is 0. The Morgan fingerprint density at radius 3 is 2.48 bits per heavy atom. The highest BCUT2D eigenvalue weighted by Crippen LogP contribution is 2.30. The van der Waals surface area contributed by atoms with Gasteiger partial charge in [0, 0.05) is 6.54 Å². The van der Waals surface area contributed by atoms with Crippen LogP contribution in [0.4, 0.5) is 0 Å². The lowest BCUT2D eigenvalue weighted by Crippen LogP contribution is -2.18. The molecule has 1 saturated heterocycles. The molecular weight excluding hydrogens is 326 g/mol. The van der Waals surface area contributed by atoms with Crippen LogP contribution in [0.15, 0.2) is 53.0 Å². The molecule has 0 N–H and O–H groups in total. The van der Waals surface area contributed by atoms with Crippen molar-refractivity contribution < 1.29 is 4.74 Å². The first kappa shape index (κ1) is 14.6. The van der Waals surface area contributed by atoms with Gasteiger partial charge in [0.1, 0.15) is 12.4 Å². The third-order valence-electron chi connectivity index (χ3n) is 3.87. The van der Waals surface area contributed by atoms with Gasteiger partial charge in [0.25, 0.3) is 0 Å². The van der Waals surface area contributed by atoms with Gasteiger partial charge in [-0.1, -0.05) is 42.5 Å². The Hall–Kier alpha value is -1.32. The molecule has 0 aliphatic carbocycles. The summed E-state index contributed by atoms with van der Waals surface area (Å²) in [4.78, 5) is 2.50. The molecule has 2 aromatic carbocycles. The van der Waals surface area contributed by atoms with Gasteiger partial charge in [-0.3, -0.25) is 4.90 Å². The lowest BCUT2D eigenvalue weighted by Gasteiger charge is -2.17. The third kappa shape index (κ3) is 3.86. The second-order valence-electron chi connectivity index (χ2n) is 5.49. The van der Waals surface area contributed by atoms with E-state index >= 15 is 0 Å². The number of hydrogen-bond donors (Lipinski definition) is 0. The first-order chi connectivity index (χ1) is 10.3. The minimum atomic E-state index is 0.604. The summed E-state index contributed by atoms with van der Waals surface area (Å²) >= 11 is 3.71. The molecular formula is C18H20BrNO. The smallest absolute Gasteiger partial charge is 0.134 e. The number of nitrogens with zero attached hydrogens (tertiary/aromatic N) is 1. The van der Waals surface area contributed by atoms with Crippen molar-refractivity contribution in [2.45, 2.75) is 26.0 Å². The highest BCUT2D eigenvalue weighted by Gasteiger charge is 2.14. The quantitative estimate of drug-likeness (QED) is 0.783. The largest absolute Gasteiger partial charge is 0.488 e. The Bertz CT molecular complexity index is 579. The van der Waals surface area contributed by atoms with E-state index in [1.165, 1.54) is 37.1 Å². The number of rotatable bonds is 5. The summed E-state index contributed by atoms with van der Waals surface area (Å²) in [5, 5.41) is 0. The van der Waals surface area contributed by atoms with Crippen LogP contribution in [0.25, 0.3) is 0 Å². The zero-order valence-electron chi connectivity index (χ0n) is 12.1. The van der Waals surface area contributed by atoms with Gasteiger partial charge >= 0.3 is 0 Å². The highest BCUT2D eigenvalue weighted by atomic mass is 79.9. The van der Waals surface area contributed by atoms with E-state index in [0.717, 1.165) is 16.8 Å². The number of ether oxygens (including phenoxy) is 1. The van der Waals surface area contributed by atoms with E-state index in [0.29, 0.717) is 6.61 Å². The van der Waals surface area contributed by atoms with Crippen LogP contribution < -0.4 is 4.74 Å². The molecule has 0 bridgehead atoms. The molecule has 1 fully saturated rings. The van der Waals surface area contributed by atoms with Gasteiger partial charge in [0.2, 0.25) is 0 Å².